The highest BCUT2D eigenvalue weighted by molar-refractivity contribution is 9.10. The van der Waals surface area contributed by atoms with Gasteiger partial charge in [0.2, 0.25) is 0 Å². The molecular weight excluding hydrogens is 315 g/mol. The van der Waals surface area contributed by atoms with Crippen molar-refractivity contribution >= 4 is 15.9 Å². The zero-order valence-corrected chi connectivity index (χ0v) is 10.8. The number of nitrogens with two attached hydrogens (primary N) is 1. The molecule has 3 nitrogen and oxygen atoms in total. The van der Waals surface area contributed by atoms with E-state index in [9.17, 15) is 13.2 Å². The van der Waals surface area contributed by atoms with E-state index in [1.54, 1.807) is 6.07 Å². The lowest BCUT2D eigenvalue weighted by atomic mass is 10.0. The largest absolute Gasteiger partial charge is 0.486 e. The van der Waals surface area contributed by atoms with Gasteiger partial charge in [0, 0.05) is 10.5 Å². The number of alkyl halides is 3. The summed E-state index contributed by atoms with van der Waals surface area (Å²) in [4.78, 5) is 0. The first kappa shape index (κ1) is 13.5. The lowest BCUT2D eigenvalue weighted by Gasteiger charge is -2.22. The molecule has 1 aliphatic rings. The maximum absolute atomic E-state index is 12.3. The van der Waals surface area contributed by atoms with E-state index in [-0.39, 0.29) is 0 Å². The van der Waals surface area contributed by atoms with Crippen LogP contribution in [0.25, 0.3) is 0 Å². The van der Waals surface area contributed by atoms with E-state index in [0.717, 1.165) is 0 Å². The standard InChI is InChI=1S/C11H11BrF3NO2/c12-7-4-10-9(17-1-2-18-10)3-6(7)8(16)5-11(13,14)15/h3-4,8H,1-2,5,16H2. The van der Waals surface area contributed by atoms with Crippen LogP contribution < -0.4 is 15.2 Å². The molecule has 0 aromatic heterocycles. The van der Waals surface area contributed by atoms with E-state index in [2.05, 4.69) is 15.9 Å². The molecule has 1 atom stereocenters. The van der Waals surface area contributed by atoms with Gasteiger partial charge in [0.05, 0.1) is 6.42 Å². The van der Waals surface area contributed by atoms with Crippen molar-refractivity contribution in [2.75, 3.05) is 13.2 Å². The van der Waals surface area contributed by atoms with E-state index in [1.807, 2.05) is 0 Å². The number of hydrogen-bond acceptors (Lipinski definition) is 3. The molecule has 0 amide bonds. The molecule has 2 rings (SSSR count). The molecule has 1 aromatic carbocycles. The van der Waals surface area contributed by atoms with Gasteiger partial charge < -0.3 is 15.2 Å². The highest BCUT2D eigenvalue weighted by Crippen LogP contribution is 2.39. The maximum atomic E-state index is 12.3. The molecule has 18 heavy (non-hydrogen) atoms. The fourth-order valence-corrected chi connectivity index (χ4v) is 2.34. The number of halogens is 4. The monoisotopic (exact) mass is 325 g/mol. The summed E-state index contributed by atoms with van der Waals surface area (Å²) < 4.78 is 48.1. The van der Waals surface area contributed by atoms with Crippen molar-refractivity contribution in [3.63, 3.8) is 0 Å². The second kappa shape index (κ2) is 4.97. The van der Waals surface area contributed by atoms with Crippen molar-refractivity contribution in [2.24, 2.45) is 5.73 Å². The third kappa shape index (κ3) is 3.08. The van der Waals surface area contributed by atoms with Gasteiger partial charge in [0.1, 0.15) is 13.2 Å². The normalized spacial score (nSPS) is 16.5. The van der Waals surface area contributed by atoms with Crippen molar-refractivity contribution < 1.29 is 22.6 Å². The molecule has 1 unspecified atom stereocenters. The van der Waals surface area contributed by atoms with Crippen LogP contribution in [0.1, 0.15) is 18.0 Å². The van der Waals surface area contributed by atoms with E-state index >= 15 is 0 Å². The quantitative estimate of drug-likeness (QED) is 0.908. The first-order chi connectivity index (χ1) is 8.37. The Balaban J connectivity index is 2.27. The topological polar surface area (TPSA) is 44.5 Å². The molecule has 1 aliphatic heterocycles. The molecule has 0 fully saturated rings. The number of fused-ring (bicyclic) bond motifs is 1. The Morgan fingerprint density at radius 3 is 2.33 bits per heavy atom. The number of rotatable bonds is 2. The van der Waals surface area contributed by atoms with Crippen LogP contribution in [0.4, 0.5) is 13.2 Å². The predicted octanol–water partition coefficient (Wildman–Crippen LogP) is 3.17. The zero-order valence-electron chi connectivity index (χ0n) is 9.26. The molecule has 7 heteroatoms. The van der Waals surface area contributed by atoms with Gasteiger partial charge >= 0.3 is 6.18 Å². The van der Waals surface area contributed by atoms with Crippen molar-refractivity contribution in [1.82, 2.24) is 0 Å². The minimum Gasteiger partial charge on any atom is -0.486 e. The van der Waals surface area contributed by atoms with Gasteiger partial charge in [-0.25, -0.2) is 0 Å². The van der Waals surface area contributed by atoms with Crippen molar-refractivity contribution in [1.29, 1.82) is 0 Å². The molecule has 0 aliphatic carbocycles. The Morgan fingerprint density at radius 1 is 1.22 bits per heavy atom. The van der Waals surface area contributed by atoms with Gasteiger partial charge in [-0.2, -0.15) is 13.2 Å². The Morgan fingerprint density at radius 2 is 1.78 bits per heavy atom. The van der Waals surface area contributed by atoms with E-state index in [0.29, 0.717) is 34.7 Å². The zero-order chi connectivity index (χ0) is 13.3. The summed E-state index contributed by atoms with van der Waals surface area (Å²) in [5.74, 6) is 0.938. The van der Waals surface area contributed by atoms with Crippen molar-refractivity contribution in [2.45, 2.75) is 18.6 Å². The van der Waals surface area contributed by atoms with Crippen molar-refractivity contribution in [3.05, 3.63) is 22.2 Å². The summed E-state index contributed by atoms with van der Waals surface area (Å²) in [6.45, 7) is 0.802. The van der Waals surface area contributed by atoms with Gasteiger partial charge in [-0.1, -0.05) is 15.9 Å². The van der Waals surface area contributed by atoms with Crippen LogP contribution in [0, 0.1) is 0 Å². The van der Waals surface area contributed by atoms with Crippen LogP contribution in [0.2, 0.25) is 0 Å². The maximum Gasteiger partial charge on any atom is 0.390 e. The van der Waals surface area contributed by atoms with Crippen LogP contribution in [-0.2, 0) is 0 Å². The minimum absolute atomic E-state index is 0.358. The fraction of sp³-hybridized carbons (Fsp3) is 0.455. The third-order valence-electron chi connectivity index (χ3n) is 2.51. The smallest absolute Gasteiger partial charge is 0.390 e. The van der Waals surface area contributed by atoms with Gasteiger partial charge in [0.25, 0.3) is 0 Å². The van der Waals surface area contributed by atoms with Crippen LogP contribution in [-0.4, -0.2) is 19.4 Å². The summed E-state index contributed by atoms with van der Waals surface area (Å²) >= 11 is 3.20. The van der Waals surface area contributed by atoms with Crippen LogP contribution in [0.5, 0.6) is 11.5 Å². The van der Waals surface area contributed by atoms with Gasteiger partial charge in [-0.3, -0.25) is 0 Å². The van der Waals surface area contributed by atoms with Crippen LogP contribution >= 0.6 is 15.9 Å². The molecule has 0 saturated heterocycles. The first-order valence-electron chi connectivity index (χ1n) is 5.28. The Bertz CT molecular complexity index is 451. The predicted molar refractivity (Wildman–Crippen MR) is 62.7 cm³/mol. The molecule has 0 radical (unpaired) electrons. The van der Waals surface area contributed by atoms with Gasteiger partial charge in [-0.15, -0.1) is 0 Å². The fourth-order valence-electron chi connectivity index (χ4n) is 1.72. The average molecular weight is 326 g/mol. The lowest BCUT2D eigenvalue weighted by Crippen LogP contribution is -2.21. The Hall–Kier alpha value is -0.950. The molecule has 0 bridgehead atoms. The summed E-state index contributed by atoms with van der Waals surface area (Å²) in [5.41, 5.74) is 5.93. The molecular formula is C11H11BrF3NO2. The molecule has 0 spiro atoms. The van der Waals surface area contributed by atoms with Gasteiger partial charge in [0.15, 0.2) is 11.5 Å². The van der Waals surface area contributed by atoms with E-state index < -0.39 is 18.6 Å². The lowest BCUT2D eigenvalue weighted by molar-refractivity contribution is -0.138. The Kier molecular flexibility index (Phi) is 3.72. The van der Waals surface area contributed by atoms with Gasteiger partial charge in [-0.05, 0) is 17.7 Å². The third-order valence-corrected chi connectivity index (χ3v) is 3.20. The average Bonchev–Trinajstić information content (AvgIpc) is 2.25. The van der Waals surface area contributed by atoms with Crippen molar-refractivity contribution in [3.8, 4) is 11.5 Å². The molecule has 0 saturated carbocycles. The molecule has 100 valence electrons. The number of ether oxygens (including phenoxy) is 2. The molecule has 1 aromatic rings. The highest BCUT2D eigenvalue weighted by Gasteiger charge is 2.32. The van der Waals surface area contributed by atoms with Crippen LogP contribution in [0.15, 0.2) is 16.6 Å². The van der Waals surface area contributed by atoms with E-state index in [4.69, 9.17) is 15.2 Å². The summed E-state index contributed by atoms with van der Waals surface area (Å²) in [7, 11) is 0. The number of benzene rings is 1. The minimum atomic E-state index is -4.30. The second-order valence-corrected chi connectivity index (χ2v) is 4.80. The van der Waals surface area contributed by atoms with E-state index in [1.165, 1.54) is 6.07 Å². The molecule has 2 N–H and O–H groups in total. The Labute approximate surface area is 110 Å². The summed E-state index contributed by atoms with van der Waals surface area (Å²) in [5, 5.41) is 0. The molecule has 1 heterocycles. The second-order valence-electron chi connectivity index (χ2n) is 3.94. The highest BCUT2D eigenvalue weighted by atomic mass is 79.9. The summed E-state index contributed by atoms with van der Waals surface area (Å²) in [6.07, 6.45) is -5.38. The SMILES string of the molecule is NC(CC(F)(F)F)c1cc2c(cc1Br)OCCO2. The first-order valence-corrected chi connectivity index (χ1v) is 6.07. The number of hydrogen-bond donors (Lipinski definition) is 1. The van der Waals surface area contributed by atoms with Crippen LogP contribution in [0.3, 0.4) is 0 Å². The summed E-state index contributed by atoms with van der Waals surface area (Å²) in [6, 6.07) is 1.95.